The van der Waals surface area contributed by atoms with Crippen LogP contribution in [0.4, 0.5) is 0 Å². The summed E-state index contributed by atoms with van der Waals surface area (Å²) in [6.45, 7) is 6.38. The molecule has 0 heterocycles. The predicted molar refractivity (Wildman–Crippen MR) is 293 cm³/mol. The van der Waals surface area contributed by atoms with Gasteiger partial charge < -0.3 is 14.2 Å². The number of ether oxygens (including phenoxy) is 3. The molecule has 0 N–H and O–H groups in total. The van der Waals surface area contributed by atoms with Crippen LogP contribution in [0.3, 0.4) is 0 Å². The maximum absolute atomic E-state index is 12.8. The van der Waals surface area contributed by atoms with Crippen LogP contribution < -0.4 is 0 Å². The molecule has 388 valence electrons. The molecule has 0 bridgehead atoms. The standard InChI is InChI=1S/C62H104O6/c1-4-7-10-13-16-19-22-25-26-27-28-29-30-31-32-33-34-35-36-38-40-43-46-49-52-55-61(64)67-58-59(57-66-60(63)54-51-48-45-42-39-24-21-18-15-12-9-6-3)68-62(65)56-53-50-47-44-41-37-23-20-17-14-11-8-5-2/h7-8,10-11,16-17,19-20,25-26,28-29,31-32,37,41,59H,4-6,9,12-15,18,21-24,27,30,33-36,38-40,42-58H2,1-3H3/b10-7-,11-8-,19-16-,20-17-,26-25-,29-28-,32-31-,41-37-. The van der Waals surface area contributed by atoms with Gasteiger partial charge in [0, 0.05) is 19.3 Å². The fraction of sp³-hybridized carbons (Fsp3) is 0.694. The third-order valence-corrected chi connectivity index (χ3v) is 11.8. The SMILES string of the molecule is CC/C=C\C/C=C\C/C=C\C/C=C\C/C=C\CCCCCCCCCCCC(=O)OCC(COC(=O)CCCCCCCCCCCCCC)OC(=O)CCCCC/C=C\C/C=C\C/C=C\CC. The zero-order chi connectivity index (χ0) is 49.3. The Labute approximate surface area is 419 Å². The van der Waals surface area contributed by atoms with Gasteiger partial charge in [-0.15, -0.1) is 0 Å². The summed E-state index contributed by atoms with van der Waals surface area (Å²) in [5.41, 5.74) is 0. The minimum Gasteiger partial charge on any atom is -0.462 e. The summed E-state index contributed by atoms with van der Waals surface area (Å²) < 4.78 is 16.8. The monoisotopic (exact) mass is 945 g/mol. The maximum atomic E-state index is 12.8. The van der Waals surface area contributed by atoms with E-state index in [1.54, 1.807) is 0 Å². The normalized spacial score (nSPS) is 12.8. The Morgan fingerprint density at radius 1 is 0.309 bits per heavy atom. The average Bonchev–Trinajstić information content (AvgIpc) is 3.34. The largest absolute Gasteiger partial charge is 0.462 e. The van der Waals surface area contributed by atoms with Crippen molar-refractivity contribution in [1.29, 1.82) is 0 Å². The van der Waals surface area contributed by atoms with E-state index in [0.717, 1.165) is 122 Å². The Morgan fingerprint density at radius 2 is 0.574 bits per heavy atom. The van der Waals surface area contributed by atoms with Gasteiger partial charge in [-0.3, -0.25) is 14.4 Å². The lowest BCUT2D eigenvalue weighted by atomic mass is 10.0. The number of unbranched alkanes of at least 4 members (excludes halogenated alkanes) is 23. The van der Waals surface area contributed by atoms with Gasteiger partial charge in [0.15, 0.2) is 6.10 Å². The molecule has 6 nitrogen and oxygen atoms in total. The minimum absolute atomic E-state index is 0.0897. The van der Waals surface area contributed by atoms with Gasteiger partial charge in [-0.05, 0) is 96.3 Å². The number of carbonyl (C=O) groups excluding carboxylic acids is 3. The highest BCUT2D eigenvalue weighted by Crippen LogP contribution is 2.15. The number of esters is 3. The van der Waals surface area contributed by atoms with Gasteiger partial charge in [0.25, 0.3) is 0 Å². The molecular formula is C62H104O6. The molecule has 0 aliphatic heterocycles. The minimum atomic E-state index is -0.794. The van der Waals surface area contributed by atoms with Crippen molar-refractivity contribution in [3.8, 4) is 0 Å². The van der Waals surface area contributed by atoms with Gasteiger partial charge in [-0.2, -0.15) is 0 Å². The lowest BCUT2D eigenvalue weighted by molar-refractivity contribution is -0.167. The van der Waals surface area contributed by atoms with E-state index in [-0.39, 0.29) is 31.1 Å². The van der Waals surface area contributed by atoms with E-state index in [1.165, 1.54) is 96.3 Å². The fourth-order valence-electron chi connectivity index (χ4n) is 7.66. The zero-order valence-electron chi connectivity index (χ0n) is 44.3. The first-order chi connectivity index (χ1) is 33.5. The Hall–Kier alpha value is -3.67. The van der Waals surface area contributed by atoms with Gasteiger partial charge in [-0.25, -0.2) is 0 Å². The number of hydrogen-bond donors (Lipinski definition) is 0. The maximum Gasteiger partial charge on any atom is 0.306 e. The van der Waals surface area contributed by atoms with Crippen LogP contribution in [-0.4, -0.2) is 37.2 Å². The van der Waals surface area contributed by atoms with E-state index in [0.29, 0.717) is 19.3 Å². The molecule has 6 heteroatoms. The number of rotatable bonds is 50. The molecule has 1 atom stereocenters. The van der Waals surface area contributed by atoms with E-state index in [1.807, 2.05) is 0 Å². The van der Waals surface area contributed by atoms with E-state index in [9.17, 15) is 14.4 Å². The van der Waals surface area contributed by atoms with Crippen LogP contribution in [0, 0.1) is 0 Å². The Balaban J connectivity index is 4.31. The van der Waals surface area contributed by atoms with E-state index in [2.05, 4.69) is 118 Å². The third kappa shape index (κ3) is 53.3. The first-order valence-electron chi connectivity index (χ1n) is 28.2. The molecule has 0 fully saturated rings. The van der Waals surface area contributed by atoms with E-state index >= 15 is 0 Å². The average molecular weight is 946 g/mol. The predicted octanol–water partition coefficient (Wildman–Crippen LogP) is 18.9. The molecule has 0 saturated carbocycles. The van der Waals surface area contributed by atoms with Crippen LogP contribution in [0.1, 0.15) is 258 Å². The van der Waals surface area contributed by atoms with Gasteiger partial charge in [0.05, 0.1) is 0 Å². The Bertz CT molecular complexity index is 1360. The number of allylic oxidation sites excluding steroid dienone is 16. The van der Waals surface area contributed by atoms with Gasteiger partial charge >= 0.3 is 17.9 Å². The smallest absolute Gasteiger partial charge is 0.306 e. The zero-order valence-corrected chi connectivity index (χ0v) is 44.3. The van der Waals surface area contributed by atoms with Crippen LogP contribution >= 0.6 is 0 Å². The second kappa shape index (κ2) is 55.9. The Morgan fingerprint density at radius 3 is 0.912 bits per heavy atom. The summed E-state index contributed by atoms with van der Waals surface area (Å²) in [4.78, 5) is 38.1. The van der Waals surface area contributed by atoms with Crippen molar-refractivity contribution in [2.24, 2.45) is 0 Å². The van der Waals surface area contributed by atoms with Crippen molar-refractivity contribution < 1.29 is 28.6 Å². The molecule has 0 aromatic heterocycles. The van der Waals surface area contributed by atoms with Crippen molar-refractivity contribution in [2.45, 2.75) is 264 Å². The molecule has 0 saturated heterocycles. The highest BCUT2D eigenvalue weighted by molar-refractivity contribution is 5.71. The molecule has 0 aromatic carbocycles. The van der Waals surface area contributed by atoms with Crippen molar-refractivity contribution in [3.05, 3.63) is 97.2 Å². The Kier molecular flexibility index (Phi) is 52.9. The van der Waals surface area contributed by atoms with Crippen molar-refractivity contribution in [2.75, 3.05) is 13.2 Å². The van der Waals surface area contributed by atoms with Crippen LogP contribution in [0.25, 0.3) is 0 Å². The highest BCUT2D eigenvalue weighted by Gasteiger charge is 2.19. The first kappa shape index (κ1) is 64.3. The number of hydrogen-bond acceptors (Lipinski definition) is 6. The third-order valence-electron chi connectivity index (χ3n) is 11.8. The summed E-state index contributed by atoms with van der Waals surface area (Å²) in [6, 6.07) is 0. The van der Waals surface area contributed by atoms with Crippen LogP contribution in [0.5, 0.6) is 0 Å². The molecule has 0 radical (unpaired) electrons. The summed E-state index contributed by atoms with van der Waals surface area (Å²) in [6.07, 6.45) is 74.0. The lowest BCUT2D eigenvalue weighted by Gasteiger charge is -2.18. The molecule has 0 amide bonds. The summed E-state index contributed by atoms with van der Waals surface area (Å²) >= 11 is 0. The summed E-state index contributed by atoms with van der Waals surface area (Å²) in [5.74, 6) is -0.924. The molecule has 0 aromatic rings. The van der Waals surface area contributed by atoms with Crippen molar-refractivity contribution in [1.82, 2.24) is 0 Å². The molecule has 0 aliphatic carbocycles. The second-order valence-electron chi connectivity index (χ2n) is 18.4. The summed E-state index contributed by atoms with van der Waals surface area (Å²) in [7, 11) is 0. The summed E-state index contributed by atoms with van der Waals surface area (Å²) in [5, 5.41) is 0. The molecule has 1 unspecified atom stereocenters. The van der Waals surface area contributed by atoms with Gasteiger partial charge in [-0.1, -0.05) is 240 Å². The molecule has 0 spiro atoms. The van der Waals surface area contributed by atoms with E-state index in [4.69, 9.17) is 14.2 Å². The molecular weight excluding hydrogens is 841 g/mol. The van der Waals surface area contributed by atoms with E-state index < -0.39 is 6.10 Å². The van der Waals surface area contributed by atoms with Gasteiger partial charge in [0.2, 0.25) is 0 Å². The first-order valence-corrected chi connectivity index (χ1v) is 28.2. The second-order valence-corrected chi connectivity index (χ2v) is 18.4. The van der Waals surface area contributed by atoms with Crippen molar-refractivity contribution >= 4 is 17.9 Å². The quantitative estimate of drug-likeness (QED) is 0.0262. The molecule has 0 rings (SSSR count). The van der Waals surface area contributed by atoms with Gasteiger partial charge in [0.1, 0.15) is 13.2 Å². The lowest BCUT2D eigenvalue weighted by Crippen LogP contribution is -2.30. The van der Waals surface area contributed by atoms with Crippen LogP contribution in [0.15, 0.2) is 97.2 Å². The van der Waals surface area contributed by atoms with Crippen LogP contribution in [0.2, 0.25) is 0 Å². The molecule has 68 heavy (non-hydrogen) atoms. The van der Waals surface area contributed by atoms with Crippen LogP contribution in [-0.2, 0) is 28.6 Å². The highest BCUT2D eigenvalue weighted by atomic mass is 16.6. The fourth-order valence-corrected chi connectivity index (χ4v) is 7.66. The number of carbonyl (C=O) groups is 3. The molecule has 0 aliphatic rings. The topological polar surface area (TPSA) is 78.9 Å². The van der Waals surface area contributed by atoms with Crippen molar-refractivity contribution in [3.63, 3.8) is 0 Å².